The standard InChI is InChI=1S/C12H10Cl2N2O4/c1-12(7-3-2-6(13)4-8(7)14)10(19)16(5-9(17)18)11(20)15-12/h2-4H,5H2,1H3,(H,15,20)(H,17,18)/t12-/m1/s1. The van der Waals surface area contributed by atoms with Crippen LogP contribution in [-0.4, -0.2) is 34.5 Å². The van der Waals surface area contributed by atoms with Gasteiger partial charge in [-0.1, -0.05) is 29.3 Å². The summed E-state index contributed by atoms with van der Waals surface area (Å²) in [5, 5.41) is 11.8. The van der Waals surface area contributed by atoms with Crippen molar-refractivity contribution in [2.75, 3.05) is 6.54 Å². The Hall–Kier alpha value is -1.79. The molecule has 1 aromatic carbocycles. The summed E-state index contributed by atoms with van der Waals surface area (Å²) in [7, 11) is 0. The zero-order chi connectivity index (χ0) is 15.1. The van der Waals surface area contributed by atoms with Crippen LogP contribution in [0.2, 0.25) is 10.0 Å². The van der Waals surface area contributed by atoms with Crippen molar-refractivity contribution in [3.05, 3.63) is 33.8 Å². The minimum atomic E-state index is -1.41. The molecule has 3 amide bonds. The third-order valence-corrected chi connectivity index (χ3v) is 3.59. The molecule has 0 aliphatic carbocycles. The maximum atomic E-state index is 12.3. The molecule has 0 saturated carbocycles. The molecule has 106 valence electrons. The number of hydrogen-bond acceptors (Lipinski definition) is 3. The van der Waals surface area contributed by atoms with E-state index in [-0.39, 0.29) is 5.02 Å². The van der Waals surface area contributed by atoms with Gasteiger partial charge in [-0.05, 0) is 19.1 Å². The quantitative estimate of drug-likeness (QED) is 0.833. The highest BCUT2D eigenvalue weighted by Gasteiger charge is 2.50. The monoisotopic (exact) mass is 316 g/mol. The topological polar surface area (TPSA) is 86.7 Å². The normalized spacial score (nSPS) is 22.1. The van der Waals surface area contributed by atoms with Crippen LogP contribution in [0.25, 0.3) is 0 Å². The molecule has 0 aromatic heterocycles. The maximum Gasteiger partial charge on any atom is 0.325 e. The fourth-order valence-corrected chi connectivity index (χ4v) is 2.65. The van der Waals surface area contributed by atoms with Gasteiger partial charge in [0.25, 0.3) is 5.91 Å². The molecule has 6 nitrogen and oxygen atoms in total. The second-order valence-corrected chi connectivity index (χ2v) is 5.31. The molecule has 2 N–H and O–H groups in total. The third-order valence-electron chi connectivity index (χ3n) is 3.04. The molecule has 0 radical (unpaired) electrons. The van der Waals surface area contributed by atoms with Gasteiger partial charge in [0.1, 0.15) is 12.1 Å². The fourth-order valence-electron chi connectivity index (χ4n) is 2.05. The first-order chi connectivity index (χ1) is 9.25. The summed E-state index contributed by atoms with van der Waals surface area (Å²) < 4.78 is 0. The number of nitrogens with zero attached hydrogens (tertiary/aromatic N) is 1. The van der Waals surface area contributed by atoms with Crippen LogP contribution >= 0.6 is 23.2 Å². The maximum absolute atomic E-state index is 12.3. The van der Waals surface area contributed by atoms with Gasteiger partial charge in [0.15, 0.2) is 0 Å². The molecule has 1 atom stereocenters. The summed E-state index contributed by atoms with van der Waals surface area (Å²) in [6, 6.07) is 3.73. The van der Waals surface area contributed by atoms with Gasteiger partial charge >= 0.3 is 12.0 Å². The summed E-state index contributed by atoms with van der Waals surface area (Å²) in [4.78, 5) is 35.4. The van der Waals surface area contributed by atoms with Crippen molar-refractivity contribution in [1.29, 1.82) is 0 Å². The summed E-state index contributed by atoms with van der Waals surface area (Å²) in [6.07, 6.45) is 0. The van der Waals surface area contributed by atoms with Crippen LogP contribution in [0.15, 0.2) is 18.2 Å². The molecular formula is C12H10Cl2N2O4. The van der Waals surface area contributed by atoms with Crippen molar-refractivity contribution in [2.45, 2.75) is 12.5 Å². The zero-order valence-electron chi connectivity index (χ0n) is 10.3. The number of carboxylic acids is 1. The predicted molar refractivity (Wildman–Crippen MR) is 71.7 cm³/mol. The van der Waals surface area contributed by atoms with E-state index in [1.807, 2.05) is 0 Å². The largest absolute Gasteiger partial charge is 0.480 e. The Balaban J connectivity index is 2.43. The van der Waals surface area contributed by atoms with E-state index in [1.165, 1.54) is 25.1 Å². The van der Waals surface area contributed by atoms with E-state index < -0.39 is 30.0 Å². The number of nitrogens with one attached hydrogen (secondary N) is 1. The lowest BCUT2D eigenvalue weighted by molar-refractivity contribution is -0.142. The molecule has 1 aromatic rings. The highest BCUT2D eigenvalue weighted by Crippen LogP contribution is 2.34. The average molecular weight is 317 g/mol. The number of benzene rings is 1. The highest BCUT2D eigenvalue weighted by atomic mass is 35.5. The van der Waals surface area contributed by atoms with E-state index >= 15 is 0 Å². The molecule has 0 unspecified atom stereocenters. The highest BCUT2D eigenvalue weighted by molar-refractivity contribution is 6.35. The van der Waals surface area contributed by atoms with Gasteiger partial charge in [0, 0.05) is 15.6 Å². The molecule has 0 spiro atoms. The first-order valence-electron chi connectivity index (χ1n) is 5.57. The van der Waals surface area contributed by atoms with Gasteiger partial charge in [0.05, 0.1) is 0 Å². The number of aliphatic carboxylic acids is 1. The van der Waals surface area contributed by atoms with Crippen LogP contribution in [0, 0.1) is 0 Å². The second kappa shape index (κ2) is 4.96. The van der Waals surface area contributed by atoms with E-state index in [1.54, 1.807) is 0 Å². The number of imide groups is 1. The van der Waals surface area contributed by atoms with Crippen LogP contribution in [0.4, 0.5) is 4.79 Å². The minimum absolute atomic E-state index is 0.214. The Morgan fingerprint density at radius 3 is 2.60 bits per heavy atom. The van der Waals surface area contributed by atoms with Gasteiger partial charge in [-0.25, -0.2) is 4.79 Å². The molecule has 8 heteroatoms. The van der Waals surface area contributed by atoms with Crippen molar-refractivity contribution in [2.24, 2.45) is 0 Å². The minimum Gasteiger partial charge on any atom is -0.480 e. The zero-order valence-corrected chi connectivity index (χ0v) is 11.8. The van der Waals surface area contributed by atoms with Gasteiger partial charge in [-0.15, -0.1) is 0 Å². The lowest BCUT2D eigenvalue weighted by Crippen LogP contribution is -2.41. The molecular weight excluding hydrogens is 307 g/mol. The van der Waals surface area contributed by atoms with Gasteiger partial charge < -0.3 is 10.4 Å². The summed E-state index contributed by atoms with van der Waals surface area (Å²) in [6.45, 7) is 0.760. The number of carbonyl (C=O) groups is 3. The number of urea groups is 1. The van der Waals surface area contributed by atoms with Crippen molar-refractivity contribution < 1.29 is 19.5 Å². The summed E-state index contributed by atoms with van der Waals surface area (Å²) >= 11 is 11.8. The Bertz CT molecular complexity index is 619. The molecule has 1 fully saturated rings. The SMILES string of the molecule is C[C@]1(c2ccc(Cl)cc2Cl)NC(=O)N(CC(=O)O)C1=O. The second-order valence-electron chi connectivity index (χ2n) is 4.46. The van der Waals surface area contributed by atoms with Crippen LogP contribution in [-0.2, 0) is 15.1 Å². The van der Waals surface area contributed by atoms with E-state index in [4.69, 9.17) is 28.3 Å². The van der Waals surface area contributed by atoms with Gasteiger partial charge in [0.2, 0.25) is 0 Å². The Kier molecular flexibility index (Phi) is 3.62. The van der Waals surface area contributed by atoms with Crippen LogP contribution in [0.5, 0.6) is 0 Å². The van der Waals surface area contributed by atoms with Gasteiger partial charge in [-0.3, -0.25) is 14.5 Å². The van der Waals surface area contributed by atoms with E-state index in [2.05, 4.69) is 5.32 Å². The molecule has 20 heavy (non-hydrogen) atoms. The summed E-state index contributed by atoms with van der Waals surface area (Å²) in [5.74, 6) is -1.95. The van der Waals surface area contributed by atoms with Gasteiger partial charge in [-0.2, -0.15) is 0 Å². The average Bonchev–Trinajstić information content (AvgIpc) is 2.53. The van der Waals surface area contributed by atoms with Crippen LogP contribution in [0.3, 0.4) is 0 Å². The van der Waals surface area contributed by atoms with Crippen molar-refractivity contribution >= 4 is 41.1 Å². The van der Waals surface area contributed by atoms with E-state index in [9.17, 15) is 14.4 Å². The first-order valence-corrected chi connectivity index (χ1v) is 6.32. The number of halogens is 2. The molecule has 1 saturated heterocycles. The molecule has 0 bridgehead atoms. The summed E-state index contributed by atoms with van der Waals surface area (Å²) in [5.41, 5.74) is -1.05. The number of rotatable bonds is 3. The van der Waals surface area contributed by atoms with Crippen LogP contribution in [0.1, 0.15) is 12.5 Å². The van der Waals surface area contributed by atoms with Crippen LogP contribution < -0.4 is 5.32 Å². The number of carboxylic acid groups (broad SMARTS) is 1. The molecule has 1 heterocycles. The molecule has 1 aliphatic rings. The molecule has 2 rings (SSSR count). The Morgan fingerprint density at radius 2 is 2.05 bits per heavy atom. The Morgan fingerprint density at radius 1 is 1.40 bits per heavy atom. The number of amides is 3. The fraction of sp³-hybridized carbons (Fsp3) is 0.250. The Labute approximate surface area is 124 Å². The van der Waals surface area contributed by atoms with E-state index in [0.717, 1.165) is 0 Å². The van der Waals surface area contributed by atoms with Crippen molar-refractivity contribution in [1.82, 2.24) is 10.2 Å². The number of carbonyl (C=O) groups excluding carboxylic acids is 2. The smallest absolute Gasteiger partial charge is 0.325 e. The van der Waals surface area contributed by atoms with Crippen molar-refractivity contribution in [3.8, 4) is 0 Å². The molecule has 1 aliphatic heterocycles. The lowest BCUT2D eigenvalue weighted by atomic mass is 9.92. The lowest BCUT2D eigenvalue weighted by Gasteiger charge is -2.23. The first kappa shape index (κ1) is 14.6. The van der Waals surface area contributed by atoms with E-state index in [0.29, 0.717) is 15.5 Å². The predicted octanol–water partition coefficient (Wildman–Crippen LogP) is 1.84. The number of hydrogen-bond donors (Lipinski definition) is 2. The third kappa shape index (κ3) is 2.32. The van der Waals surface area contributed by atoms with Crippen molar-refractivity contribution in [3.63, 3.8) is 0 Å².